The van der Waals surface area contributed by atoms with E-state index >= 15 is 0 Å². The first-order valence-electron chi connectivity index (χ1n) is 7.46. The van der Waals surface area contributed by atoms with Crippen LogP contribution in [0, 0.1) is 5.92 Å². The van der Waals surface area contributed by atoms with Gasteiger partial charge < -0.3 is 16.2 Å². The maximum absolute atomic E-state index is 12.0. The summed E-state index contributed by atoms with van der Waals surface area (Å²) in [5, 5.41) is 12.7. The van der Waals surface area contributed by atoms with Crippen molar-refractivity contribution in [2.75, 3.05) is 5.32 Å². The monoisotopic (exact) mass is 276 g/mol. The van der Waals surface area contributed by atoms with Gasteiger partial charge in [0, 0.05) is 11.7 Å². The zero-order valence-corrected chi connectivity index (χ0v) is 11.8. The van der Waals surface area contributed by atoms with Gasteiger partial charge in [-0.2, -0.15) is 0 Å². The second kappa shape index (κ2) is 7.41. The summed E-state index contributed by atoms with van der Waals surface area (Å²) in [6.45, 7) is 0. The van der Waals surface area contributed by atoms with Crippen molar-refractivity contribution < 1.29 is 9.90 Å². The lowest BCUT2D eigenvalue weighted by Crippen LogP contribution is -2.44. The summed E-state index contributed by atoms with van der Waals surface area (Å²) < 4.78 is 0. The maximum Gasteiger partial charge on any atom is 0.254 e. The van der Waals surface area contributed by atoms with Crippen LogP contribution < -0.4 is 11.1 Å². The van der Waals surface area contributed by atoms with Gasteiger partial charge in [-0.15, -0.1) is 0 Å². The summed E-state index contributed by atoms with van der Waals surface area (Å²) in [4.78, 5) is 12.0. The molecule has 0 heterocycles. The number of nitrogens with one attached hydrogen (secondary N) is 1. The first-order chi connectivity index (χ1) is 9.66. The molecule has 20 heavy (non-hydrogen) atoms. The van der Waals surface area contributed by atoms with Gasteiger partial charge in [0.15, 0.2) is 0 Å². The molecule has 1 aromatic carbocycles. The number of carbonyl (C=O) groups excluding carboxylic acids is 1. The van der Waals surface area contributed by atoms with Crippen molar-refractivity contribution in [3.05, 3.63) is 30.3 Å². The van der Waals surface area contributed by atoms with E-state index < -0.39 is 18.1 Å². The van der Waals surface area contributed by atoms with Crippen molar-refractivity contribution in [1.29, 1.82) is 0 Å². The number of aliphatic hydroxyl groups is 1. The van der Waals surface area contributed by atoms with Crippen LogP contribution in [0.4, 0.5) is 5.69 Å². The molecule has 1 amide bonds. The van der Waals surface area contributed by atoms with Crippen LogP contribution in [-0.2, 0) is 4.79 Å². The summed E-state index contributed by atoms with van der Waals surface area (Å²) in [6, 6.07) is 8.64. The summed E-state index contributed by atoms with van der Waals surface area (Å²) >= 11 is 0. The number of benzene rings is 1. The van der Waals surface area contributed by atoms with Crippen molar-refractivity contribution in [2.45, 2.75) is 50.7 Å². The molecule has 0 aromatic heterocycles. The number of rotatable bonds is 5. The average molecular weight is 276 g/mol. The molecule has 1 aliphatic rings. The van der Waals surface area contributed by atoms with Gasteiger partial charge in [0.2, 0.25) is 0 Å². The Hall–Kier alpha value is -1.39. The molecule has 0 bridgehead atoms. The minimum absolute atomic E-state index is 0.417. The fourth-order valence-electron chi connectivity index (χ4n) is 2.87. The van der Waals surface area contributed by atoms with Crippen LogP contribution in [0.25, 0.3) is 0 Å². The third-order valence-corrected chi connectivity index (χ3v) is 4.05. The first kappa shape index (κ1) is 15.0. The molecule has 0 saturated heterocycles. The lowest BCUT2D eigenvalue weighted by Gasteiger charge is -2.26. The normalized spacial score (nSPS) is 19.3. The van der Waals surface area contributed by atoms with E-state index in [0.29, 0.717) is 11.6 Å². The first-order valence-corrected chi connectivity index (χ1v) is 7.46. The summed E-state index contributed by atoms with van der Waals surface area (Å²) in [7, 11) is 0. The zero-order valence-electron chi connectivity index (χ0n) is 11.8. The van der Waals surface area contributed by atoms with E-state index in [4.69, 9.17) is 5.73 Å². The fraction of sp³-hybridized carbons (Fsp3) is 0.562. The molecule has 1 aliphatic carbocycles. The fourth-order valence-corrected chi connectivity index (χ4v) is 2.87. The number of anilines is 1. The van der Waals surface area contributed by atoms with E-state index in [2.05, 4.69) is 5.32 Å². The molecule has 1 aromatic rings. The van der Waals surface area contributed by atoms with Crippen LogP contribution in [0.1, 0.15) is 38.5 Å². The Bertz CT molecular complexity index is 416. The predicted molar refractivity (Wildman–Crippen MR) is 80.2 cm³/mol. The van der Waals surface area contributed by atoms with Gasteiger partial charge >= 0.3 is 0 Å². The van der Waals surface area contributed by atoms with Gasteiger partial charge in [-0.25, -0.2) is 0 Å². The third kappa shape index (κ3) is 4.32. The van der Waals surface area contributed by atoms with Crippen LogP contribution in [0.5, 0.6) is 0 Å². The summed E-state index contributed by atoms with van der Waals surface area (Å²) in [5.41, 5.74) is 6.67. The van der Waals surface area contributed by atoms with Crippen molar-refractivity contribution >= 4 is 11.6 Å². The highest BCUT2D eigenvalue weighted by Crippen LogP contribution is 2.27. The zero-order chi connectivity index (χ0) is 14.4. The molecule has 4 N–H and O–H groups in total. The van der Waals surface area contributed by atoms with E-state index in [-0.39, 0.29) is 0 Å². The van der Waals surface area contributed by atoms with Crippen LogP contribution >= 0.6 is 0 Å². The third-order valence-electron chi connectivity index (χ3n) is 4.05. The number of hydrogen-bond acceptors (Lipinski definition) is 3. The molecule has 1 unspecified atom stereocenters. The van der Waals surface area contributed by atoms with Gasteiger partial charge in [0.1, 0.15) is 6.10 Å². The molecule has 0 aliphatic heterocycles. The number of para-hydroxylation sites is 1. The second-order valence-electron chi connectivity index (χ2n) is 5.70. The molecule has 0 spiro atoms. The van der Waals surface area contributed by atoms with Crippen LogP contribution in [0.3, 0.4) is 0 Å². The Labute approximate surface area is 120 Å². The van der Waals surface area contributed by atoms with Crippen molar-refractivity contribution in [2.24, 2.45) is 11.7 Å². The van der Waals surface area contributed by atoms with Gasteiger partial charge in [0.05, 0.1) is 0 Å². The van der Waals surface area contributed by atoms with Crippen LogP contribution in [-0.4, -0.2) is 23.2 Å². The highest BCUT2D eigenvalue weighted by molar-refractivity contribution is 5.94. The minimum atomic E-state index is -1.14. The summed E-state index contributed by atoms with van der Waals surface area (Å²) in [6.07, 6.45) is 5.69. The molecule has 4 heteroatoms. The Morgan fingerprint density at radius 1 is 1.25 bits per heavy atom. The van der Waals surface area contributed by atoms with Crippen molar-refractivity contribution in [1.82, 2.24) is 0 Å². The predicted octanol–water partition coefficient (Wildman–Crippen LogP) is 2.28. The SMILES string of the molecule is N[C@H](CC1CCCCC1)C(O)C(=O)Nc1ccccc1. The topological polar surface area (TPSA) is 75.3 Å². The van der Waals surface area contributed by atoms with Crippen LogP contribution in [0.15, 0.2) is 30.3 Å². The van der Waals surface area contributed by atoms with Gasteiger partial charge in [-0.05, 0) is 24.5 Å². The second-order valence-corrected chi connectivity index (χ2v) is 5.70. The van der Waals surface area contributed by atoms with E-state index in [1.54, 1.807) is 12.1 Å². The number of aliphatic hydroxyl groups excluding tert-OH is 1. The minimum Gasteiger partial charge on any atom is -0.382 e. The van der Waals surface area contributed by atoms with E-state index in [1.165, 1.54) is 32.1 Å². The number of carbonyl (C=O) groups is 1. The van der Waals surface area contributed by atoms with E-state index in [0.717, 1.165) is 6.42 Å². The maximum atomic E-state index is 12.0. The number of nitrogens with two attached hydrogens (primary N) is 1. The smallest absolute Gasteiger partial charge is 0.254 e. The molecule has 2 rings (SSSR count). The highest BCUT2D eigenvalue weighted by atomic mass is 16.3. The molecule has 1 saturated carbocycles. The van der Waals surface area contributed by atoms with E-state index in [9.17, 15) is 9.90 Å². The molecular weight excluding hydrogens is 252 g/mol. The Morgan fingerprint density at radius 2 is 1.90 bits per heavy atom. The summed E-state index contributed by atoms with van der Waals surface area (Å²) in [5.74, 6) is 0.137. The quantitative estimate of drug-likeness (QED) is 0.772. The lowest BCUT2D eigenvalue weighted by atomic mass is 9.84. The molecular formula is C16H24N2O2. The average Bonchev–Trinajstić information content (AvgIpc) is 2.48. The Balaban J connectivity index is 1.82. The highest BCUT2D eigenvalue weighted by Gasteiger charge is 2.26. The Morgan fingerprint density at radius 3 is 2.55 bits per heavy atom. The van der Waals surface area contributed by atoms with E-state index in [1.807, 2.05) is 18.2 Å². The molecule has 4 nitrogen and oxygen atoms in total. The van der Waals surface area contributed by atoms with Gasteiger partial charge in [-0.3, -0.25) is 4.79 Å². The van der Waals surface area contributed by atoms with Gasteiger partial charge in [0.25, 0.3) is 5.91 Å². The molecule has 2 atom stereocenters. The number of amides is 1. The van der Waals surface area contributed by atoms with Crippen LogP contribution in [0.2, 0.25) is 0 Å². The molecule has 1 fully saturated rings. The molecule has 0 radical (unpaired) electrons. The lowest BCUT2D eigenvalue weighted by molar-refractivity contribution is -0.125. The van der Waals surface area contributed by atoms with Gasteiger partial charge in [-0.1, -0.05) is 50.3 Å². The Kier molecular flexibility index (Phi) is 5.56. The molecule has 110 valence electrons. The van der Waals surface area contributed by atoms with Crippen molar-refractivity contribution in [3.8, 4) is 0 Å². The van der Waals surface area contributed by atoms with Crippen molar-refractivity contribution in [3.63, 3.8) is 0 Å². The standard InChI is InChI=1S/C16H24N2O2/c17-14(11-12-7-3-1-4-8-12)15(19)16(20)18-13-9-5-2-6-10-13/h2,5-6,9-10,12,14-15,19H,1,3-4,7-8,11,17H2,(H,18,20)/t14-,15?/m1/s1. The number of hydrogen-bond donors (Lipinski definition) is 3. The largest absolute Gasteiger partial charge is 0.382 e.